The van der Waals surface area contributed by atoms with E-state index in [2.05, 4.69) is 10.0 Å². The van der Waals surface area contributed by atoms with Crippen molar-refractivity contribution in [3.8, 4) is 0 Å². The summed E-state index contributed by atoms with van der Waals surface area (Å²) in [4.78, 5) is -0.773. The highest BCUT2D eigenvalue weighted by atomic mass is 32.2. The third kappa shape index (κ3) is 3.18. The molecule has 0 amide bonds. The lowest BCUT2D eigenvalue weighted by Gasteiger charge is -2.17. The second-order valence-corrected chi connectivity index (χ2v) is 6.86. The summed E-state index contributed by atoms with van der Waals surface area (Å²) in [7, 11) is -4.31. The highest BCUT2D eigenvalue weighted by Crippen LogP contribution is 2.34. The van der Waals surface area contributed by atoms with E-state index in [1.165, 1.54) is 6.07 Å². The van der Waals surface area contributed by atoms with Crippen LogP contribution in [0.25, 0.3) is 0 Å². The number of hydrogen-bond donors (Lipinski definition) is 2. The molecular weight excluding hydrogens is 329 g/mol. The van der Waals surface area contributed by atoms with Crippen LogP contribution in [-0.4, -0.2) is 14.6 Å². The van der Waals surface area contributed by atoms with Gasteiger partial charge in [-0.15, -0.1) is 0 Å². The van der Waals surface area contributed by atoms with Gasteiger partial charge in [0, 0.05) is 12.1 Å². The van der Waals surface area contributed by atoms with E-state index in [1.54, 1.807) is 12.1 Å². The lowest BCUT2D eigenvalue weighted by molar-refractivity contribution is -0.139. The molecule has 8 heteroatoms. The van der Waals surface area contributed by atoms with Crippen LogP contribution in [-0.2, 0) is 22.6 Å². The van der Waals surface area contributed by atoms with Crippen molar-refractivity contribution in [2.45, 2.75) is 23.7 Å². The SMILES string of the molecule is O=S(=O)(NC1Cc2ccccc2N1)c1ccccc1C(F)(F)F. The Morgan fingerprint density at radius 2 is 1.70 bits per heavy atom. The first-order valence-corrected chi connectivity index (χ1v) is 8.29. The van der Waals surface area contributed by atoms with Crippen LogP contribution in [0.5, 0.6) is 0 Å². The van der Waals surface area contributed by atoms with Gasteiger partial charge in [-0.25, -0.2) is 8.42 Å². The number of sulfonamides is 1. The standard InChI is InChI=1S/C15H13F3N2O2S/c16-15(17,18)11-6-2-4-8-13(11)23(21,22)20-14-9-10-5-1-3-7-12(10)19-14/h1-8,14,19-20H,9H2. The van der Waals surface area contributed by atoms with Crippen LogP contribution in [0, 0.1) is 0 Å². The minimum atomic E-state index is -4.74. The molecule has 23 heavy (non-hydrogen) atoms. The Labute approximate surface area is 131 Å². The Balaban J connectivity index is 1.87. The van der Waals surface area contributed by atoms with Gasteiger partial charge >= 0.3 is 6.18 Å². The maximum Gasteiger partial charge on any atom is 0.417 e. The lowest BCUT2D eigenvalue weighted by Crippen LogP contribution is -2.39. The van der Waals surface area contributed by atoms with Gasteiger partial charge in [0.2, 0.25) is 10.0 Å². The quantitative estimate of drug-likeness (QED) is 0.902. The molecule has 1 atom stereocenters. The number of anilines is 1. The Morgan fingerprint density at radius 3 is 2.39 bits per heavy atom. The summed E-state index contributed by atoms with van der Waals surface area (Å²) in [5, 5.41) is 2.95. The minimum absolute atomic E-state index is 0.365. The fourth-order valence-electron chi connectivity index (χ4n) is 2.55. The van der Waals surface area contributed by atoms with Crippen LogP contribution in [0.15, 0.2) is 53.4 Å². The van der Waals surface area contributed by atoms with Gasteiger partial charge in [0.1, 0.15) is 0 Å². The van der Waals surface area contributed by atoms with Gasteiger partial charge in [0.25, 0.3) is 0 Å². The fraction of sp³-hybridized carbons (Fsp3) is 0.200. The fourth-order valence-corrected chi connectivity index (χ4v) is 3.93. The molecule has 0 spiro atoms. The molecule has 2 N–H and O–H groups in total. The molecule has 1 unspecified atom stereocenters. The monoisotopic (exact) mass is 342 g/mol. The van der Waals surface area contributed by atoms with Gasteiger partial charge in [-0.3, -0.25) is 0 Å². The van der Waals surface area contributed by atoms with E-state index < -0.39 is 32.8 Å². The summed E-state index contributed by atoms with van der Waals surface area (Å²) in [5.74, 6) is 0. The summed E-state index contributed by atoms with van der Waals surface area (Å²) in [5.41, 5.74) is 0.497. The zero-order valence-electron chi connectivity index (χ0n) is 11.8. The van der Waals surface area contributed by atoms with E-state index in [0.717, 1.165) is 29.4 Å². The van der Waals surface area contributed by atoms with Crippen molar-refractivity contribution in [1.29, 1.82) is 0 Å². The molecule has 1 aliphatic rings. The predicted molar refractivity (Wildman–Crippen MR) is 79.3 cm³/mol. The number of halogens is 3. The number of benzene rings is 2. The molecule has 1 aliphatic heterocycles. The first-order valence-electron chi connectivity index (χ1n) is 6.80. The molecule has 0 aliphatic carbocycles. The van der Waals surface area contributed by atoms with E-state index in [-0.39, 0.29) is 0 Å². The molecule has 2 aromatic carbocycles. The average molecular weight is 342 g/mol. The van der Waals surface area contributed by atoms with Gasteiger partial charge in [0.15, 0.2) is 0 Å². The molecule has 3 rings (SSSR count). The van der Waals surface area contributed by atoms with E-state index in [0.29, 0.717) is 6.42 Å². The smallest absolute Gasteiger partial charge is 0.368 e. The molecule has 0 bridgehead atoms. The van der Waals surface area contributed by atoms with E-state index in [9.17, 15) is 21.6 Å². The molecule has 0 fully saturated rings. The van der Waals surface area contributed by atoms with Crippen LogP contribution in [0.4, 0.5) is 18.9 Å². The second kappa shape index (κ2) is 5.54. The molecule has 1 heterocycles. The summed E-state index contributed by atoms with van der Waals surface area (Å²) in [6, 6.07) is 11.4. The largest absolute Gasteiger partial charge is 0.417 e. The Morgan fingerprint density at radius 1 is 1.04 bits per heavy atom. The van der Waals surface area contributed by atoms with Crippen LogP contribution < -0.4 is 10.0 Å². The lowest BCUT2D eigenvalue weighted by atomic mass is 10.2. The number of para-hydroxylation sites is 1. The molecule has 0 saturated heterocycles. The maximum absolute atomic E-state index is 13.0. The molecule has 2 aromatic rings. The highest BCUT2D eigenvalue weighted by Gasteiger charge is 2.37. The van der Waals surface area contributed by atoms with Crippen molar-refractivity contribution in [3.05, 3.63) is 59.7 Å². The summed E-state index contributed by atoms with van der Waals surface area (Å²) >= 11 is 0. The Kier molecular flexibility index (Phi) is 3.81. The maximum atomic E-state index is 13.0. The first-order chi connectivity index (χ1) is 10.8. The molecule has 0 saturated carbocycles. The van der Waals surface area contributed by atoms with E-state index in [4.69, 9.17) is 0 Å². The average Bonchev–Trinajstić information content (AvgIpc) is 2.87. The molecular formula is C15H13F3N2O2S. The van der Waals surface area contributed by atoms with Crippen LogP contribution >= 0.6 is 0 Å². The van der Waals surface area contributed by atoms with E-state index in [1.807, 2.05) is 12.1 Å². The van der Waals surface area contributed by atoms with Crippen molar-refractivity contribution < 1.29 is 21.6 Å². The second-order valence-electron chi connectivity index (χ2n) is 5.17. The highest BCUT2D eigenvalue weighted by molar-refractivity contribution is 7.89. The third-order valence-corrected chi connectivity index (χ3v) is 5.08. The molecule has 122 valence electrons. The molecule has 0 radical (unpaired) electrons. The third-order valence-electron chi connectivity index (χ3n) is 3.55. The van der Waals surface area contributed by atoms with Crippen molar-refractivity contribution in [2.75, 3.05) is 5.32 Å². The van der Waals surface area contributed by atoms with Gasteiger partial charge in [-0.1, -0.05) is 30.3 Å². The number of alkyl halides is 3. The number of fused-ring (bicyclic) bond motifs is 1. The summed E-state index contributed by atoms with van der Waals surface area (Å²) in [6.45, 7) is 0. The van der Waals surface area contributed by atoms with Crippen molar-refractivity contribution in [3.63, 3.8) is 0 Å². The number of rotatable bonds is 3. The van der Waals surface area contributed by atoms with Gasteiger partial charge in [-0.2, -0.15) is 17.9 Å². The summed E-state index contributed by atoms with van der Waals surface area (Å²) < 4.78 is 66.0. The van der Waals surface area contributed by atoms with Gasteiger partial charge in [-0.05, 0) is 23.8 Å². The van der Waals surface area contributed by atoms with Crippen molar-refractivity contribution >= 4 is 15.7 Å². The molecule has 0 aromatic heterocycles. The normalized spacial score (nSPS) is 17.6. The van der Waals surface area contributed by atoms with Crippen LogP contribution in [0.3, 0.4) is 0 Å². The zero-order valence-corrected chi connectivity index (χ0v) is 12.6. The Bertz CT molecular complexity index is 810. The molecule has 4 nitrogen and oxygen atoms in total. The van der Waals surface area contributed by atoms with Crippen molar-refractivity contribution in [2.24, 2.45) is 0 Å². The van der Waals surface area contributed by atoms with Gasteiger partial charge in [0.05, 0.1) is 16.6 Å². The zero-order chi connectivity index (χ0) is 16.7. The topological polar surface area (TPSA) is 58.2 Å². The number of hydrogen-bond acceptors (Lipinski definition) is 3. The Hall–Kier alpha value is -2.06. The summed E-state index contributed by atoms with van der Waals surface area (Å²) in [6.07, 6.45) is -5.06. The van der Waals surface area contributed by atoms with Crippen molar-refractivity contribution in [1.82, 2.24) is 4.72 Å². The first kappa shape index (κ1) is 15.8. The van der Waals surface area contributed by atoms with Crippen LogP contribution in [0.1, 0.15) is 11.1 Å². The minimum Gasteiger partial charge on any atom is -0.368 e. The predicted octanol–water partition coefficient (Wildman–Crippen LogP) is 2.98. The van der Waals surface area contributed by atoms with Crippen LogP contribution in [0.2, 0.25) is 0 Å². The number of nitrogens with one attached hydrogen (secondary N) is 2. The van der Waals surface area contributed by atoms with Gasteiger partial charge < -0.3 is 5.32 Å². The van der Waals surface area contributed by atoms with E-state index >= 15 is 0 Å².